The van der Waals surface area contributed by atoms with Crippen LogP contribution in [-0.2, 0) is 6.54 Å². The van der Waals surface area contributed by atoms with Crippen LogP contribution < -0.4 is 5.56 Å². The summed E-state index contributed by atoms with van der Waals surface area (Å²) in [5.74, 6) is -1.28. The maximum Gasteiger partial charge on any atom is 0.408 e. The number of hydrogen-bond acceptors (Lipinski definition) is 5. The second-order valence-electron chi connectivity index (χ2n) is 4.48. The van der Waals surface area contributed by atoms with Gasteiger partial charge in [0.1, 0.15) is 24.2 Å². The van der Waals surface area contributed by atoms with Gasteiger partial charge in [-0.3, -0.25) is 9.48 Å². The number of aromatic nitrogens is 5. The van der Waals surface area contributed by atoms with E-state index in [2.05, 4.69) is 24.7 Å². The van der Waals surface area contributed by atoms with Crippen molar-refractivity contribution in [3.8, 4) is 22.9 Å². The van der Waals surface area contributed by atoms with E-state index in [-0.39, 0.29) is 22.9 Å². The van der Waals surface area contributed by atoms with Crippen LogP contribution in [0.2, 0.25) is 0 Å². The maximum atomic E-state index is 12.9. The highest BCUT2D eigenvalue weighted by Crippen LogP contribution is 2.26. The number of aromatic amines is 1. The maximum absolute atomic E-state index is 12.9. The molecule has 23 heavy (non-hydrogen) atoms. The molecule has 3 heterocycles. The number of hydrogen-bond donors (Lipinski definition) is 1. The van der Waals surface area contributed by atoms with Crippen molar-refractivity contribution in [1.29, 1.82) is 0 Å². The minimum absolute atomic E-state index is 0.0121. The zero-order valence-electron chi connectivity index (χ0n) is 11.1. The van der Waals surface area contributed by atoms with Crippen molar-refractivity contribution in [2.24, 2.45) is 0 Å². The molecular formula is C12H7F4N5O2. The highest BCUT2D eigenvalue weighted by atomic mass is 19.4. The molecule has 3 rings (SSSR count). The number of H-pyrrole nitrogens is 1. The Bertz CT molecular complexity index is 882. The van der Waals surface area contributed by atoms with Gasteiger partial charge >= 0.3 is 6.18 Å². The van der Waals surface area contributed by atoms with E-state index < -0.39 is 24.1 Å². The first-order valence-electron chi connectivity index (χ1n) is 6.14. The first kappa shape index (κ1) is 14.9. The smallest absolute Gasteiger partial charge is 0.364 e. The van der Waals surface area contributed by atoms with E-state index in [9.17, 15) is 22.4 Å². The quantitative estimate of drug-likeness (QED) is 0.742. The van der Waals surface area contributed by atoms with Crippen LogP contribution in [0.25, 0.3) is 22.9 Å². The minimum atomic E-state index is -4.52. The summed E-state index contributed by atoms with van der Waals surface area (Å²) in [6.45, 7) is -1.37. The molecule has 0 bridgehead atoms. The van der Waals surface area contributed by atoms with Gasteiger partial charge in [0.25, 0.3) is 5.56 Å². The molecule has 0 unspecified atom stereocenters. The average Bonchev–Trinajstić information content (AvgIpc) is 3.09. The van der Waals surface area contributed by atoms with Crippen LogP contribution >= 0.6 is 0 Å². The summed E-state index contributed by atoms with van der Waals surface area (Å²) in [5.41, 5.74) is -0.983. The van der Waals surface area contributed by atoms with Crippen molar-refractivity contribution in [1.82, 2.24) is 24.9 Å². The molecule has 0 spiro atoms. The zero-order valence-corrected chi connectivity index (χ0v) is 11.1. The van der Waals surface area contributed by atoms with E-state index in [4.69, 9.17) is 0 Å². The molecule has 0 aromatic carbocycles. The summed E-state index contributed by atoms with van der Waals surface area (Å²) in [7, 11) is 0. The van der Waals surface area contributed by atoms with Crippen molar-refractivity contribution in [3.63, 3.8) is 0 Å². The number of nitrogens with zero attached hydrogens (tertiary/aromatic N) is 4. The molecule has 7 nitrogen and oxygen atoms in total. The lowest BCUT2D eigenvalue weighted by molar-refractivity contribution is -0.142. The van der Waals surface area contributed by atoms with Gasteiger partial charge in [0.2, 0.25) is 5.82 Å². The fraction of sp³-hybridized carbons (Fsp3) is 0.167. The molecule has 3 aromatic rings. The number of halogens is 4. The average molecular weight is 329 g/mol. The molecule has 0 amide bonds. The fourth-order valence-electron chi connectivity index (χ4n) is 1.88. The van der Waals surface area contributed by atoms with Gasteiger partial charge in [-0.25, -0.2) is 4.98 Å². The molecule has 0 atom stereocenters. The number of nitrogens with one attached hydrogen (secondary N) is 1. The van der Waals surface area contributed by atoms with E-state index in [0.29, 0.717) is 10.9 Å². The second-order valence-corrected chi connectivity index (χ2v) is 4.48. The molecule has 0 saturated carbocycles. The second kappa shape index (κ2) is 5.34. The van der Waals surface area contributed by atoms with Crippen LogP contribution in [0, 0.1) is 5.82 Å². The van der Waals surface area contributed by atoms with Crippen LogP contribution in [0.3, 0.4) is 0 Å². The lowest BCUT2D eigenvalue weighted by Crippen LogP contribution is -2.19. The predicted octanol–water partition coefficient (Wildman–Crippen LogP) is 1.99. The number of alkyl halides is 3. The van der Waals surface area contributed by atoms with Crippen molar-refractivity contribution >= 4 is 0 Å². The van der Waals surface area contributed by atoms with Crippen LogP contribution in [-0.4, -0.2) is 31.1 Å². The van der Waals surface area contributed by atoms with Gasteiger partial charge in [-0.1, -0.05) is 5.16 Å². The Morgan fingerprint density at radius 2 is 2.09 bits per heavy atom. The highest BCUT2D eigenvalue weighted by Gasteiger charge is 2.30. The summed E-state index contributed by atoms with van der Waals surface area (Å²) >= 11 is 0. The Morgan fingerprint density at radius 3 is 2.70 bits per heavy atom. The first-order valence-corrected chi connectivity index (χ1v) is 6.14. The van der Waals surface area contributed by atoms with E-state index in [0.717, 1.165) is 0 Å². The van der Waals surface area contributed by atoms with Crippen molar-refractivity contribution < 1.29 is 22.1 Å². The summed E-state index contributed by atoms with van der Waals surface area (Å²) in [6, 6.07) is 2.59. The van der Waals surface area contributed by atoms with E-state index in [1.165, 1.54) is 18.4 Å². The normalized spacial score (nSPS) is 11.8. The molecule has 0 saturated heterocycles. The Kier molecular flexibility index (Phi) is 3.47. The Balaban J connectivity index is 2.10. The molecule has 11 heteroatoms. The summed E-state index contributed by atoms with van der Waals surface area (Å²) < 4.78 is 56.2. The van der Waals surface area contributed by atoms with E-state index in [1.54, 1.807) is 0 Å². The van der Waals surface area contributed by atoms with Gasteiger partial charge in [-0.15, -0.1) is 0 Å². The zero-order chi connectivity index (χ0) is 16.6. The SMILES string of the molecule is O=c1[nH]c(-c2cc(-c3ccon3)n(CC(F)(F)F)n2)ncc1F. The van der Waals surface area contributed by atoms with E-state index >= 15 is 0 Å². The van der Waals surface area contributed by atoms with Gasteiger partial charge in [-0.05, 0) is 6.07 Å². The van der Waals surface area contributed by atoms with Gasteiger partial charge in [0.15, 0.2) is 5.82 Å². The monoisotopic (exact) mass is 329 g/mol. The summed E-state index contributed by atoms with van der Waals surface area (Å²) in [4.78, 5) is 17.0. The third kappa shape index (κ3) is 3.12. The van der Waals surface area contributed by atoms with Gasteiger partial charge in [0.05, 0.1) is 11.9 Å². The van der Waals surface area contributed by atoms with E-state index in [1.807, 2.05) is 0 Å². The third-order valence-electron chi connectivity index (χ3n) is 2.81. The van der Waals surface area contributed by atoms with Crippen LogP contribution in [0.1, 0.15) is 0 Å². The summed E-state index contributed by atoms with van der Waals surface area (Å²) in [5, 5.41) is 7.31. The molecule has 0 aliphatic heterocycles. The first-order chi connectivity index (χ1) is 10.8. The Labute approximate surface area is 124 Å². The molecule has 3 aromatic heterocycles. The molecule has 0 aliphatic rings. The van der Waals surface area contributed by atoms with Gasteiger partial charge < -0.3 is 9.51 Å². The van der Waals surface area contributed by atoms with Gasteiger partial charge in [0, 0.05) is 6.07 Å². The molecule has 0 radical (unpaired) electrons. The topological polar surface area (TPSA) is 89.6 Å². The summed E-state index contributed by atoms with van der Waals surface area (Å²) in [6.07, 6.45) is -2.67. The fourth-order valence-corrected chi connectivity index (χ4v) is 1.88. The van der Waals surface area contributed by atoms with Crippen molar-refractivity contribution in [2.75, 3.05) is 0 Å². The predicted molar refractivity (Wildman–Crippen MR) is 67.6 cm³/mol. The molecule has 120 valence electrons. The molecule has 0 fully saturated rings. The van der Waals surface area contributed by atoms with Crippen molar-refractivity contribution in [3.05, 3.63) is 40.8 Å². The van der Waals surface area contributed by atoms with Crippen molar-refractivity contribution in [2.45, 2.75) is 12.7 Å². The van der Waals surface area contributed by atoms with Gasteiger partial charge in [-0.2, -0.15) is 22.7 Å². The van der Waals surface area contributed by atoms with Crippen LogP contribution in [0.15, 0.2) is 33.9 Å². The third-order valence-corrected chi connectivity index (χ3v) is 2.81. The van der Waals surface area contributed by atoms with Crippen LogP contribution in [0.4, 0.5) is 17.6 Å². The highest BCUT2D eigenvalue weighted by molar-refractivity contribution is 5.62. The lowest BCUT2D eigenvalue weighted by atomic mass is 10.2. The lowest BCUT2D eigenvalue weighted by Gasteiger charge is -2.08. The largest absolute Gasteiger partial charge is 0.408 e. The molecule has 0 aliphatic carbocycles. The Hall–Kier alpha value is -2.98. The Morgan fingerprint density at radius 1 is 1.30 bits per heavy atom. The standard InChI is InChI=1S/C12H7F4N5O2/c13-6-4-17-10(18-11(6)22)8-3-9(7-1-2-23-20-7)21(19-8)5-12(14,15)16/h1-4H,5H2,(H,17,18,22). The molecule has 1 N–H and O–H groups in total. The molecular weight excluding hydrogens is 322 g/mol. The number of rotatable bonds is 3. The van der Waals surface area contributed by atoms with Crippen LogP contribution in [0.5, 0.6) is 0 Å². The minimum Gasteiger partial charge on any atom is -0.364 e.